The van der Waals surface area contributed by atoms with Crippen LogP contribution in [-0.4, -0.2) is 30.2 Å². The zero-order chi connectivity index (χ0) is 13.8. The molecule has 0 radical (unpaired) electrons. The monoisotopic (exact) mass is 286 g/mol. The molecule has 1 saturated heterocycles. The van der Waals surface area contributed by atoms with E-state index in [-0.39, 0.29) is 36.0 Å². The number of nitrogens with one attached hydrogen (secondary N) is 2. The van der Waals surface area contributed by atoms with E-state index in [0.717, 1.165) is 0 Å². The Morgan fingerprint density at radius 3 is 3.05 bits per heavy atom. The van der Waals surface area contributed by atoms with Crippen LogP contribution in [0, 0.1) is 11.7 Å². The van der Waals surface area contributed by atoms with Crippen molar-refractivity contribution in [3.05, 3.63) is 34.6 Å². The van der Waals surface area contributed by atoms with Gasteiger partial charge in [-0.3, -0.25) is 4.79 Å². The Hall–Kier alpha value is -1.17. The smallest absolute Gasteiger partial charge is 0.237 e. The van der Waals surface area contributed by atoms with Crippen molar-refractivity contribution in [2.75, 3.05) is 13.2 Å². The first kappa shape index (κ1) is 14.2. The normalized spacial score (nSPS) is 22.5. The predicted octanol–water partition coefficient (Wildman–Crippen LogP) is 1.07. The number of hydrogen-bond donors (Lipinski definition) is 3. The highest BCUT2D eigenvalue weighted by Gasteiger charge is 2.28. The molecule has 0 aliphatic carbocycles. The van der Waals surface area contributed by atoms with Crippen molar-refractivity contribution < 1.29 is 14.3 Å². The third-order valence-corrected chi connectivity index (χ3v) is 3.57. The number of benzene rings is 1. The molecule has 1 heterocycles. The molecule has 0 saturated carbocycles. The highest BCUT2D eigenvalue weighted by atomic mass is 35.5. The summed E-state index contributed by atoms with van der Waals surface area (Å²) >= 11 is 5.67. The van der Waals surface area contributed by atoms with Crippen LogP contribution in [0.2, 0.25) is 5.02 Å². The highest BCUT2D eigenvalue weighted by Crippen LogP contribution is 2.18. The lowest BCUT2D eigenvalue weighted by Gasteiger charge is -2.12. The van der Waals surface area contributed by atoms with E-state index in [1.165, 1.54) is 6.07 Å². The van der Waals surface area contributed by atoms with Crippen molar-refractivity contribution >= 4 is 17.5 Å². The van der Waals surface area contributed by atoms with Crippen LogP contribution in [0.4, 0.5) is 4.39 Å². The average molecular weight is 287 g/mol. The number of carbonyl (C=O) groups excluding carboxylic acids is 1. The molecule has 2 unspecified atom stereocenters. The Morgan fingerprint density at radius 1 is 1.58 bits per heavy atom. The van der Waals surface area contributed by atoms with Gasteiger partial charge in [0, 0.05) is 25.3 Å². The van der Waals surface area contributed by atoms with Gasteiger partial charge in [-0.05, 0) is 18.4 Å². The SMILES string of the molecule is O=C(NCc1cccc(Cl)c1F)C1CC(CO)CN1. The summed E-state index contributed by atoms with van der Waals surface area (Å²) in [6.45, 7) is 0.799. The van der Waals surface area contributed by atoms with Gasteiger partial charge in [-0.2, -0.15) is 0 Å². The van der Waals surface area contributed by atoms with E-state index in [1.54, 1.807) is 12.1 Å². The molecule has 0 aromatic heterocycles. The minimum absolute atomic E-state index is 0.0473. The molecule has 1 fully saturated rings. The second-order valence-corrected chi connectivity index (χ2v) is 5.08. The minimum Gasteiger partial charge on any atom is -0.396 e. The summed E-state index contributed by atoms with van der Waals surface area (Å²) in [6, 6.07) is 4.37. The van der Waals surface area contributed by atoms with Crippen LogP contribution in [0.5, 0.6) is 0 Å². The fourth-order valence-electron chi connectivity index (χ4n) is 2.14. The number of halogens is 2. The van der Waals surface area contributed by atoms with Crippen molar-refractivity contribution in [3.8, 4) is 0 Å². The van der Waals surface area contributed by atoms with Crippen molar-refractivity contribution in [1.29, 1.82) is 0 Å². The first-order valence-electron chi connectivity index (χ1n) is 6.16. The van der Waals surface area contributed by atoms with Gasteiger partial charge in [-0.25, -0.2) is 4.39 Å². The molecular weight excluding hydrogens is 271 g/mol. The molecule has 0 bridgehead atoms. The summed E-state index contributed by atoms with van der Waals surface area (Å²) < 4.78 is 13.6. The van der Waals surface area contributed by atoms with Gasteiger partial charge in [0.1, 0.15) is 5.82 Å². The molecule has 2 rings (SSSR count). The van der Waals surface area contributed by atoms with E-state index >= 15 is 0 Å². The molecule has 3 N–H and O–H groups in total. The molecule has 1 aliphatic heterocycles. The number of aliphatic hydroxyl groups excluding tert-OH is 1. The highest BCUT2D eigenvalue weighted by molar-refractivity contribution is 6.30. The van der Waals surface area contributed by atoms with Gasteiger partial charge in [0.25, 0.3) is 0 Å². The summed E-state index contributed by atoms with van der Waals surface area (Å²) in [5.74, 6) is -0.578. The lowest BCUT2D eigenvalue weighted by atomic mass is 10.1. The Labute approximate surface area is 116 Å². The summed E-state index contributed by atoms with van der Waals surface area (Å²) in [7, 11) is 0. The van der Waals surface area contributed by atoms with E-state index in [0.29, 0.717) is 18.5 Å². The van der Waals surface area contributed by atoms with E-state index < -0.39 is 5.82 Å². The molecule has 4 nitrogen and oxygen atoms in total. The first-order chi connectivity index (χ1) is 9.11. The average Bonchev–Trinajstić information content (AvgIpc) is 2.89. The van der Waals surface area contributed by atoms with Crippen LogP contribution in [-0.2, 0) is 11.3 Å². The van der Waals surface area contributed by atoms with Crippen molar-refractivity contribution in [2.24, 2.45) is 5.92 Å². The van der Waals surface area contributed by atoms with Crippen molar-refractivity contribution in [2.45, 2.75) is 19.0 Å². The fraction of sp³-hybridized carbons (Fsp3) is 0.462. The Morgan fingerprint density at radius 2 is 2.37 bits per heavy atom. The van der Waals surface area contributed by atoms with Gasteiger partial charge in [0.05, 0.1) is 11.1 Å². The molecule has 0 spiro atoms. The number of rotatable bonds is 4. The topological polar surface area (TPSA) is 61.4 Å². The van der Waals surface area contributed by atoms with Gasteiger partial charge >= 0.3 is 0 Å². The summed E-state index contributed by atoms with van der Waals surface area (Å²) in [6.07, 6.45) is 0.598. The molecule has 19 heavy (non-hydrogen) atoms. The van der Waals surface area contributed by atoms with Crippen LogP contribution in [0.1, 0.15) is 12.0 Å². The molecule has 1 amide bonds. The lowest BCUT2D eigenvalue weighted by molar-refractivity contribution is -0.123. The molecular formula is C13H16ClFN2O2. The molecule has 2 atom stereocenters. The van der Waals surface area contributed by atoms with Gasteiger partial charge in [0.15, 0.2) is 0 Å². The second kappa shape index (κ2) is 6.32. The molecule has 104 valence electrons. The maximum atomic E-state index is 13.6. The van der Waals surface area contributed by atoms with Crippen LogP contribution >= 0.6 is 11.6 Å². The van der Waals surface area contributed by atoms with Gasteiger partial charge in [-0.15, -0.1) is 0 Å². The van der Waals surface area contributed by atoms with Crippen molar-refractivity contribution in [1.82, 2.24) is 10.6 Å². The van der Waals surface area contributed by atoms with E-state index in [2.05, 4.69) is 10.6 Å². The fourth-order valence-corrected chi connectivity index (χ4v) is 2.33. The number of carbonyl (C=O) groups is 1. The van der Waals surface area contributed by atoms with Gasteiger partial charge < -0.3 is 15.7 Å². The van der Waals surface area contributed by atoms with Crippen LogP contribution in [0.3, 0.4) is 0 Å². The maximum Gasteiger partial charge on any atom is 0.237 e. The summed E-state index contributed by atoms with van der Waals surface area (Å²) in [5.41, 5.74) is 0.359. The van der Waals surface area contributed by atoms with Gasteiger partial charge in [0.2, 0.25) is 5.91 Å². The van der Waals surface area contributed by atoms with E-state index in [1.807, 2.05) is 0 Å². The maximum absolute atomic E-state index is 13.6. The number of hydrogen-bond acceptors (Lipinski definition) is 3. The Kier molecular flexibility index (Phi) is 4.74. The molecule has 6 heteroatoms. The molecule has 1 aliphatic rings. The zero-order valence-electron chi connectivity index (χ0n) is 10.3. The quantitative estimate of drug-likeness (QED) is 0.776. The van der Waals surface area contributed by atoms with Crippen LogP contribution < -0.4 is 10.6 Å². The lowest BCUT2D eigenvalue weighted by Crippen LogP contribution is -2.40. The summed E-state index contributed by atoms with van der Waals surface area (Å²) in [4.78, 5) is 11.9. The van der Waals surface area contributed by atoms with Gasteiger partial charge in [-0.1, -0.05) is 23.7 Å². The Bertz CT molecular complexity index is 470. The summed E-state index contributed by atoms with van der Waals surface area (Å²) in [5, 5.41) is 14.8. The van der Waals surface area contributed by atoms with E-state index in [4.69, 9.17) is 16.7 Å². The standard InChI is InChI=1S/C13H16ClFN2O2/c14-10-3-1-2-9(12(10)15)6-17-13(19)11-4-8(7-18)5-16-11/h1-3,8,11,16,18H,4-7H2,(H,17,19). The molecule has 1 aromatic carbocycles. The number of amides is 1. The molecule has 1 aromatic rings. The van der Waals surface area contributed by atoms with Crippen LogP contribution in [0.15, 0.2) is 18.2 Å². The number of aliphatic hydroxyl groups is 1. The largest absolute Gasteiger partial charge is 0.396 e. The van der Waals surface area contributed by atoms with Crippen molar-refractivity contribution in [3.63, 3.8) is 0 Å². The predicted molar refractivity (Wildman–Crippen MR) is 70.2 cm³/mol. The van der Waals surface area contributed by atoms with E-state index in [9.17, 15) is 9.18 Å². The zero-order valence-corrected chi connectivity index (χ0v) is 11.1. The third kappa shape index (κ3) is 3.43. The minimum atomic E-state index is -0.503. The second-order valence-electron chi connectivity index (χ2n) is 4.68. The van der Waals surface area contributed by atoms with Crippen LogP contribution in [0.25, 0.3) is 0 Å². The Balaban J connectivity index is 1.89. The third-order valence-electron chi connectivity index (χ3n) is 3.28. The first-order valence-corrected chi connectivity index (χ1v) is 6.54.